The number of nitrogens with one attached hydrogen (secondary N) is 1. The third-order valence-corrected chi connectivity index (χ3v) is 3.84. The lowest BCUT2D eigenvalue weighted by Crippen LogP contribution is -2.14. The molecule has 1 aliphatic carbocycles. The molecule has 0 saturated carbocycles. The minimum absolute atomic E-state index is 0.881. The summed E-state index contributed by atoms with van der Waals surface area (Å²) in [6, 6.07) is 2.21. The van der Waals surface area contributed by atoms with Crippen LogP contribution in [0.4, 0.5) is 0 Å². The van der Waals surface area contributed by atoms with Crippen molar-refractivity contribution in [2.24, 2.45) is 0 Å². The summed E-state index contributed by atoms with van der Waals surface area (Å²) in [5, 5.41) is 3.42. The zero-order valence-corrected chi connectivity index (χ0v) is 12.1. The van der Waals surface area contributed by atoms with Crippen LogP contribution in [0, 0.1) is 0 Å². The Bertz CT molecular complexity index is 574. The highest BCUT2D eigenvalue weighted by molar-refractivity contribution is 5.36. The minimum atomic E-state index is 0.881. The maximum atomic E-state index is 4.56. The van der Waals surface area contributed by atoms with E-state index in [1.165, 1.54) is 29.8 Å². The first-order valence-corrected chi connectivity index (χ1v) is 7.58. The third-order valence-electron chi connectivity index (χ3n) is 3.84. The van der Waals surface area contributed by atoms with Crippen LogP contribution in [-0.4, -0.2) is 21.1 Å². The molecule has 0 bridgehead atoms. The average molecular weight is 270 g/mol. The lowest BCUT2D eigenvalue weighted by Gasteiger charge is -2.14. The van der Waals surface area contributed by atoms with Crippen LogP contribution in [0.25, 0.3) is 5.69 Å². The van der Waals surface area contributed by atoms with E-state index in [0.717, 1.165) is 38.0 Å². The molecule has 2 aromatic heterocycles. The van der Waals surface area contributed by atoms with Gasteiger partial charge in [0.2, 0.25) is 0 Å². The molecule has 0 aromatic carbocycles. The Morgan fingerprint density at radius 2 is 2.15 bits per heavy atom. The molecule has 0 unspecified atom stereocenters. The Labute approximate surface area is 120 Å². The SMILES string of the molecule is CCCNCc1cncc(-n2cnc3c2CCCC3)c1. The molecule has 2 heterocycles. The Morgan fingerprint density at radius 1 is 1.25 bits per heavy atom. The monoisotopic (exact) mass is 270 g/mol. The predicted octanol–water partition coefficient (Wildman–Crippen LogP) is 2.65. The smallest absolute Gasteiger partial charge is 0.0998 e. The first kappa shape index (κ1) is 13.3. The summed E-state index contributed by atoms with van der Waals surface area (Å²) in [5.74, 6) is 0. The lowest BCUT2D eigenvalue weighted by molar-refractivity contribution is 0.654. The maximum absolute atomic E-state index is 4.56. The summed E-state index contributed by atoms with van der Waals surface area (Å²) < 4.78 is 2.21. The second kappa shape index (κ2) is 6.18. The Hall–Kier alpha value is -1.68. The highest BCUT2D eigenvalue weighted by atomic mass is 15.1. The van der Waals surface area contributed by atoms with Gasteiger partial charge in [0.05, 0.1) is 23.9 Å². The maximum Gasteiger partial charge on any atom is 0.0998 e. The van der Waals surface area contributed by atoms with E-state index in [4.69, 9.17) is 0 Å². The summed E-state index contributed by atoms with van der Waals surface area (Å²) in [7, 11) is 0. The van der Waals surface area contributed by atoms with Gasteiger partial charge >= 0.3 is 0 Å². The van der Waals surface area contributed by atoms with Gasteiger partial charge in [0.1, 0.15) is 0 Å². The molecule has 0 saturated heterocycles. The summed E-state index contributed by atoms with van der Waals surface area (Å²) in [6.07, 6.45) is 11.8. The van der Waals surface area contributed by atoms with E-state index < -0.39 is 0 Å². The van der Waals surface area contributed by atoms with Crippen molar-refractivity contribution in [2.75, 3.05) is 6.54 Å². The van der Waals surface area contributed by atoms with Gasteiger partial charge in [0.15, 0.2) is 0 Å². The first-order valence-electron chi connectivity index (χ1n) is 7.58. The van der Waals surface area contributed by atoms with Crippen molar-refractivity contribution in [3.8, 4) is 5.69 Å². The number of pyridine rings is 1. The molecule has 0 radical (unpaired) electrons. The third kappa shape index (κ3) is 2.75. The number of hydrogen-bond donors (Lipinski definition) is 1. The number of rotatable bonds is 5. The van der Waals surface area contributed by atoms with E-state index in [1.54, 1.807) is 0 Å². The Morgan fingerprint density at radius 3 is 3.05 bits per heavy atom. The normalized spacial score (nSPS) is 14.2. The highest BCUT2D eigenvalue weighted by Crippen LogP contribution is 2.23. The fourth-order valence-corrected chi connectivity index (χ4v) is 2.80. The van der Waals surface area contributed by atoms with Crippen molar-refractivity contribution in [1.29, 1.82) is 0 Å². The molecule has 1 N–H and O–H groups in total. The van der Waals surface area contributed by atoms with Gasteiger partial charge < -0.3 is 9.88 Å². The van der Waals surface area contributed by atoms with Crippen molar-refractivity contribution in [2.45, 2.75) is 45.6 Å². The number of imidazole rings is 1. The second-order valence-corrected chi connectivity index (χ2v) is 5.44. The van der Waals surface area contributed by atoms with E-state index >= 15 is 0 Å². The number of nitrogens with zero attached hydrogens (tertiary/aromatic N) is 3. The van der Waals surface area contributed by atoms with E-state index in [1.807, 2.05) is 18.7 Å². The standard InChI is InChI=1S/C16H22N4/c1-2-7-17-9-13-8-14(11-18-10-13)20-12-19-15-5-3-4-6-16(15)20/h8,10-12,17H,2-7,9H2,1H3. The number of hydrogen-bond acceptors (Lipinski definition) is 3. The molecular weight excluding hydrogens is 248 g/mol. The molecule has 106 valence electrons. The van der Waals surface area contributed by atoms with Gasteiger partial charge in [-0.05, 0) is 50.3 Å². The van der Waals surface area contributed by atoms with Crippen LogP contribution in [0.5, 0.6) is 0 Å². The molecule has 0 atom stereocenters. The fourth-order valence-electron chi connectivity index (χ4n) is 2.80. The molecule has 20 heavy (non-hydrogen) atoms. The van der Waals surface area contributed by atoms with Gasteiger partial charge in [0, 0.05) is 18.4 Å². The molecule has 4 heteroatoms. The van der Waals surface area contributed by atoms with E-state index in [9.17, 15) is 0 Å². The molecule has 1 aliphatic rings. The van der Waals surface area contributed by atoms with Gasteiger partial charge in [-0.15, -0.1) is 0 Å². The summed E-state index contributed by atoms with van der Waals surface area (Å²) in [6.45, 7) is 4.11. The zero-order chi connectivity index (χ0) is 13.8. The van der Waals surface area contributed by atoms with Crippen LogP contribution in [0.15, 0.2) is 24.8 Å². The molecule has 0 fully saturated rings. The zero-order valence-electron chi connectivity index (χ0n) is 12.1. The first-order chi connectivity index (χ1) is 9.88. The average Bonchev–Trinajstić information content (AvgIpc) is 2.92. The molecule has 0 aliphatic heterocycles. The van der Waals surface area contributed by atoms with E-state index in [-0.39, 0.29) is 0 Å². The van der Waals surface area contributed by atoms with Gasteiger partial charge in [-0.2, -0.15) is 0 Å². The van der Waals surface area contributed by atoms with Crippen LogP contribution in [0.2, 0.25) is 0 Å². The van der Waals surface area contributed by atoms with E-state index in [2.05, 4.69) is 32.8 Å². The van der Waals surface area contributed by atoms with Gasteiger partial charge in [-0.3, -0.25) is 4.98 Å². The molecule has 3 rings (SSSR count). The molecular formula is C16H22N4. The Balaban J connectivity index is 1.83. The summed E-state index contributed by atoms with van der Waals surface area (Å²) in [4.78, 5) is 8.94. The number of fused-ring (bicyclic) bond motifs is 1. The van der Waals surface area contributed by atoms with Crippen LogP contribution in [0.1, 0.15) is 43.1 Å². The molecule has 0 amide bonds. The number of aromatic nitrogens is 3. The van der Waals surface area contributed by atoms with Crippen LogP contribution in [-0.2, 0) is 19.4 Å². The topological polar surface area (TPSA) is 42.7 Å². The van der Waals surface area contributed by atoms with Crippen molar-refractivity contribution in [1.82, 2.24) is 19.9 Å². The van der Waals surface area contributed by atoms with E-state index in [0.29, 0.717) is 0 Å². The minimum Gasteiger partial charge on any atom is -0.313 e. The van der Waals surface area contributed by atoms with Gasteiger partial charge in [-0.25, -0.2) is 4.98 Å². The molecule has 0 spiro atoms. The predicted molar refractivity (Wildman–Crippen MR) is 80.0 cm³/mol. The van der Waals surface area contributed by atoms with Gasteiger partial charge in [0.25, 0.3) is 0 Å². The highest BCUT2D eigenvalue weighted by Gasteiger charge is 2.16. The van der Waals surface area contributed by atoms with Gasteiger partial charge in [-0.1, -0.05) is 6.92 Å². The van der Waals surface area contributed by atoms with Crippen LogP contribution < -0.4 is 5.32 Å². The van der Waals surface area contributed by atoms with Crippen molar-refractivity contribution in [3.05, 3.63) is 41.7 Å². The van der Waals surface area contributed by atoms with Crippen LogP contribution in [0.3, 0.4) is 0 Å². The fraction of sp³-hybridized carbons (Fsp3) is 0.500. The quantitative estimate of drug-likeness (QED) is 0.849. The van der Waals surface area contributed by atoms with Crippen molar-refractivity contribution in [3.63, 3.8) is 0 Å². The molecule has 4 nitrogen and oxygen atoms in total. The summed E-state index contributed by atoms with van der Waals surface area (Å²) >= 11 is 0. The van der Waals surface area contributed by atoms with Crippen LogP contribution >= 0.6 is 0 Å². The molecule has 2 aromatic rings. The Kier molecular flexibility index (Phi) is 4.11. The van der Waals surface area contributed by atoms with Crippen molar-refractivity contribution >= 4 is 0 Å². The largest absolute Gasteiger partial charge is 0.313 e. The lowest BCUT2D eigenvalue weighted by atomic mass is 10.0. The summed E-state index contributed by atoms with van der Waals surface area (Å²) in [5.41, 5.74) is 5.01. The second-order valence-electron chi connectivity index (χ2n) is 5.44. The number of aryl methyl sites for hydroxylation is 1. The van der Waals surface area contributed by atoms with Crippen molar-refractivity contribution < 1.29 is 0 Å².